The van der Waals surface area contributed by atoms with Crippen LogP contribution >= 0.6 is 11.6 Å². The summed E-state index contributed by atoms with van der Waals surface area (Å²) in [6.45, 7) is 6.14. The molecule has 0 radical (unpaired) electrons. The van der Waals surface area contributed by atoms with Crippen LogP contribution in [0, 0.1) is 0 Å². The van der Waals surface area contributed by atoms with Crippen LogP contribution in [0.2, 0.25) is 5.02 Å². The number of hydrogen-bond acceptors (Lipinski definition) is 6. The lowest BCUT2D eigenvalue weighted by molar-refractivity contribution is 0.0634. The number of rotatable bonds is 16. The number of nitrogens with zero attached hydrogens (tertiary/aromatic N) is 2. The van der Waals surface area contributed by atoms with E-state index >= 15 is 0 Å². The second-order valence-electron chi connectivity index (χ2n) is 11.8. The molecule has 1 heterocycles. The standard InChI is InChI=1S/C36H43ClN2O6S/c1-4-6-16-38(17-7-5-2)46(41,42)32-14-12-26-21-31(22-28(26)23-32)39(36(40)35-24-27-10-8-9-11-34(27)45-35)25-29-20-30(37)13-15-33(29)44-19-18-43-3/h8-15,20,23-24,31H,4-7,16-19,21-22,25H2,1-3H3. The van der Waals surface area contributed by atoms with Crippen molar-refractivity contribution >= 4 is 38.5 Å². The maximum atomic E-state index is 14.3. The Morgan fingerprint density at radius 3 is 2.39 bits per heavy atom. The Balaban J connectivity index is 1.46. The molecule has 0 spiro atoms. The van der Waals surface area contributed by atoms with Crippen LogP contribution in [0.25, 0.3) is 11.0 Å². The molecule has 1 aliphatic carbocycles. The number of benzene rings is 3. The van der Waals surface area contributed by atoms with E-state index < -0.39 is 10.0 Å². The van der Waals surface area contributed by atoms with Gasteiger partial charge in [-0.3, -0.25) is 4.79 Å². The second kappa shape index (κ2) is 15.5. The molecule has 0 aliphatic heterocycles. The number of carbonyl (C=O) groups excluding carboxylic acids is 1. The molecule has 8 nitrogen and oxygen atoms in total. The smallest absolute Gasteiger partial charge is 0.290 e. The van der Waals surface area contributed by atoms with Gasteiger partial charge in [-0.1, -0.05) is 62.6 Å². The van der Waals surface area contributed by atoms with Gasteiger partial charge in [-0.2, -0.15) is 4.31 Å². The molecule has 0 fully saturated rings. The molecule has 4 aromatic rings. The van der Waals surface area contributed by atoms with Crippen molar-refractivity contribution in [2.45, 2.75) is 69.9 Å². The van der Waals surface area contributed by atoms with Crippen molar-refractivity contribution < 1.29 is 27.1 Å². The lowest BCUT2D eigenvalue weighted by Crippen LogP contribution is -2.40. The SMILES string of the molecule is CCCCN(CCCC)S(=O)(=O)c1ccc2c(c1)CC(N(Cc1cc(Cl)ccc1OCCOC)C(=O)c1cc3ccccc3o1)C2. The first-order chi connectivity index (χ1) is 22.2. The number of carbonyl (C=O) groups is 1. The normalized spacial score (nSPS) is 14.6. The first-order valence-corrected chi connectivity index (χ1v) is 17.9. The molecule has 10 heteroatoms. The average molecular weight is 667 g/mol. The van der Waals surface area contributed by atoms with E-state index in [0.717, 1.165) is 47.8 Å². The van der Waals surface area contributed by atoms with Crippen LogP contribution in [0.1, 0.15) is 66.8 Å². The number of para-hydroxylation sites is 1. The van der Waals surface area contributed by atoms with Crippen LogP contribution < -0.4 is 4.74 Å². The Hall–Kier alpha value is -3.37. The van der Waals surface area contributed by atoms with Crippen LogP contribution in [-0.4, -0.2) is 63.0 Å². The van der Waals surface area contributed by atoms with Crippen molar-refractivity contribution in [3.63, 3.8) is 0 Å². The molecule has 1 unspecified atom stereocenters. The lowest BCUT2D eigenvalue weighted by Gasteiger charge is -2.29. The van der Waals surface area contributed by atoms with Gasteiger partial charge in [-0.05, 0) is 79.3 Å². The summed E-state index contributed by atoms with van der Waals surface area (Å²) in [4.78, 5) is 16.4. The van der Waals surface area contributed by atoms with Crippen molar-refractivity contribution in [2.24, 2.45) is 0 Å². The van der Waals surface area contributed by atoms with Crippen molar-refractivity contribution in [1.82, 2.24) is 9.21 Å². The number of unbranched alkanes of at least 4 members (excludes halogenated alkanes) is 2. The second-order valence-corrected chi connectivity index (χ2v) is 14.2. The fourth-order valence-electron chi connectivity index (χ4n) is 5.95. The summed E-state index contributed by atoms with van der Waals surface area (Å²) >= 11 is 6.43. The van der Waals surface area contributed by atoms with E-state index in [1.807, 2.05) is 36.4 Å². The number of furan rings is 1. The number of amides is 1. The van der Waals surface area contributed by atoms with E-state index in [-0.39, 0.29) is 24.3 Å². The molecule has 246 valence electrons. The third-order valence-electron chi connectivity index (χ3n) is 8.49. The largest absolute Gasteiger partial charge is 0.491 e. The van der Waals surface area contributed by atoms with Crippen molar-refractivity contribution in [2.75, 3.05) is 33.4 Å². The van der Waals surface area contributed by atoms with Gasteiger partial charge in [0.15, 0.2) is 5.76 Å². The highest BCUT2D eigenvalue weighted by molar-refractivity contribution is 7.89. The summed E-state index contributed by atoms with van der Waals surface area (Å²) < 4.78 is 46.4. The highest BCUT2D eigenvalue weighted by Crippen LogP contribution is 2.33. The predicted molar refractivity (Wildman–Crippen MR) is 181 cm³/mol. The van der Waals surface area contributed by atoms with Gasteiger partial charge in [0.2, 0.25) is 10.0 Å². The molecular formula is C36H43ClN2O6S. The highest BCUT2D eigenvalue weighted by Gasteiger charge is 2.34. The van der Waals surface area contributed by atoms with E-state index in [9.17, 15) is 13.2 Å². The van der Waals surface area contributed by atoms with Gasteiger partial charge >= 0.3 is 0 Å². The van der Waals surface area contributed by atoms with Gasteiger partial charge in [0, 0.05) is 42.2 Å². The molecule has 1 aliphatic rings. The summed E-state index contributed by atoms with van der Waals surface area (Å²) in [5, 5.41) is 1.38. The van der Waals surface area contributed by atoms with Gasteiger partial charge in [0.25, 0.3) is 5.91 Å². The summed E-state index contributed by atoms with van der Waals surface area (Å²) in [6, 6.07) is 19.9. The number of methoxy groups -OCH3 is 1. The van der Waals surface area contributed by atoms with Crippen LogP contribution in [0.5, 0.6) is 5.75 Å². The van der Waals surface area contributed by atoms with Gasteiger partial charge in [-0.25, -0.2) is 8.42 Å². The number of ether oxygens (including phenoxy) is 2. The van der Waals surface area contributed by atoms with E-state index in [2.05, 4.69) is 13.8 Å². The van der Waals surface area contributed by atoms with Gasteiger partial charge in [-0.15, -0.1) is 0 Å². The van der Waals surface area contributed by atoms with Gasteiger partial charge in [0.1, 0.15) is 17.9 Å². The summed E-state index contributed by atoms with van der Waals surface area (Å²) in [5.74, 6) is 0.605. The quantitative estimate of drug-likeness (QED) is 0.115. The maximum absolute atomic E-state index is 14.3. The topological polar surface area (TPSA) is 89.3 Å². The molecular weight excluding hydrogens is 624 g/mol. The Labute approximate surface area is 277 Å². The van der Waals surface area contributed by atoms with Crippen LogP contribution in [0.15, 0.2) is 76.0 Å². The van der Waals surface area contributed by atoms with E-state index in [1.165, 1.54) is 0 Å². The average Bonchev–Trinajstić information content (AvgIpc) is 3.68. The van der Waals surface area contributed by atoms with E-state index in [4.69, 9.17) is 25.5 Å². The Morgan fingerprint density at radius 2 is 1.67 bits per heavy atom. The lowest BCUT2D eigenvalue weighted by atomic mass is 10.1. The minimum absolute atomic E-state index is 0.227. The fourth-order valence-corrected chi connectivity index (χ4v) is 7.71. The summed E-state index contributed by atoms with van der Waals surface area (Å²) in [6.07, 6.45) is 4.56. The van der Waals surface area contributed by atoms with Gasteiger partial charge < -0.3 is 18.8 Å². The zero-order valence-electron chi connectivity index (χ0n) is 26.8. The third-order valence-corrected chi connectivity index (χ3v) is 10.6. The number of sulfonamides is 1. The van der Waals surface area contributed by atoms with Crippen LogP contribution in [0.3, 0.4) is 0 Å². The molecule has 46 heavy (non-hydrogen) atoms. The minimum atomic E-state index is -3.65. The number of hydrogen-bond donors (Lipinski definition) is 0. The zero-order chi connectivity index (χ0) is 32.7. The number of fused-ring (bicyclic) bond motifs is 2. The van der Waals surface area contributed by atoms with Crippen LogP contribution in [0.4, 0.5) is 0 Å². The first kappa shape index (κ1) is 34.0. The van der Waals surface area contributed by atoms with Crippen LogP contribution in [-0.2, 0) is 34.1 Å². The number of halogens is 1. The molecule has 5 rings (SSSR count). The molecule has 1 atom stereocenters. The molecule has 3 aromatic carbocycles. The minimum Gasteiger partial charge on any atom is -0.491 e. The van der Waals surface area contributed by atoms with Crippen molar-refractivity contribution in [3.05, 3.63) is 94.2 Å². The summed E-state index contributed by atoms with van der Waals surface area (Å²) in [5.41, 5.74) is 3.36. The molecule has 1 aromatic heterocycles. The first-order valence-electron chi connectivity index (χ1n) is 16.1. The highest BCUT2D eigenvalue weighted by atomic mass is 35.5. The zero-order valence-corrected chi connectivity index (χ0v) is 28.4. The molecule has 1 amide bonds. The molecule has 0 saturated heterocycles. The monoisotopic (exact) mass is 666 g/mol. The third kappa shape index (κ3) is 7.77. The Bertz CT molecular complexity index is 1710. The van der Waals surface area contributed by atoms with Gasteiger partial charge in [0.05, 0.1) is 18.0 Å². The molecule has 0 bridgehead atoms. The van der Waals surface area contributed by atoms with E-state index in [1.54, 1.807) is 46.6 Å². The Morgan fingerprint density at radius 1 is 0.935 bits per heavy atom. The Kier molecular flexibility index (Phi) is 11.4. The maximum Gasteiger partial charge on any atom is 0.290 e. The summed E-state index contributed by atoms with van der Waals surface area (Å²) in [7, 11) is -2.04. The molecule has 0 saturated carbocycles. The fraction of sp³-hybridized carbons (Fsp3) is 0.417. The van der Waals surface area contributed by atoms with E-state index in [0.29, 0.717) is 60.4 Å². The molecule has 0 N–H and O–H groups in total. The van der Waals surface area contributed by atoms with Crippen molar-refractivity contribution in [3.8, 4) is 5.75 Å². The predicted octanol–water partition coefficient (Wildman–Crippen LogP) is 7.51. The van der Waals surface area contributed by atoms with Crippen molar-refractivity contribution in [1.29, 1.82) is 0 Å².